The number of rotatable bonds is 2. The minimum atomic E-state index is 0.729. The molecular formula is C11H8O. The highest BCUT2D eigenvalue weighted by Gasteiger charge is 1.91. The molecule has 0 saturated heterocycles. The second-order valence-corrected chi connectivity index (χ2v) is 2.23. The summed E-state index contributed by atoms with van der Waals surface area (Å²) in [7, 11) is 0. The van der Waals surface area contributed by atoms with Gasteiger partial charge in [-0.3, -0.25) is 4.79 Å². The van der Waals surface area contributed by atoms with Crippen LogP contribution in [-0.2, 0) is 4.79 Å². The van der Waals surface area contributed by atoms with E-state index in [1.807, 2.05) is 24.3 Å². The number of benzene rings is 1. The van der Waals surface area contributed by atoms with E-state index in [9.17, 15) is 4.79 Å². The van der Waals surface area contributed by atoms with Crippen LogP contribution in [0.1, 0.15) is 11.1 Å². The Labute approximate surface area is 71.7 Å². The zero-order chi connectivity index (χ0) is 8.81. The number of terminal acetylenes is 1. The van der Waals surface area contributed by atoms with Crippen molar-refractivity contribution >= 4 is 12.4 Å². The van der Waals surface area contributed by atoms with Crippen molar-refractivity contribution in [2.45, 2.75) is 0 Å². The summed E-state index contributed by atoms with van der Waals surface area (Å²) < 4.78 is 0. The average Bonchev–Trinajstić information content (AvgIpc) is 2.15. The number of carbonyl (C=O) groups is 1. The van der Waals surface area contributed by atoms with Crippen LogP contribution in [-0.4, -0.2) is 6.29 Å². The summed E-state index contributed by atoms with van der Waals surface area (Å²) in [5, 5.41) is 0. The van der Waals surface area contributed by atoms with Crippen LogP contribution < -0.4 is 0 Å². The fraction of sp³-hybridized carbons (Fsp3) is 0. The lowest BCUT2D eigenvalue weighted by molar-refractivity contribution is -0.104. The summed E-state index contributed by atoms with van der Waals surface area (Å²) in [6, 6.07) is 7.46. The lowest BCUT2D eigenvalue weighted by Gasteiger charge is -1.95. The van der Waals surface area contributed by atoms with Crippen LogP contribution in [0.15, 0.2) is 30.3 Å². The Morgan fingerprint density at radius 1 is 1.33 bits per heavy atom. The predicted octanol–water partition coefficient (Wildman–Crippen LogP) is 1.88. The Balaban J connectivity index is 3.07. The highest BCUT2D eigenvalue weighted by Crippen LogP contribution is 2.08. The summed E-state index contributed by atoms with van der Waals surface area (Å²) in [5.41, 5.74) is 1.70. The first-order valence-electron chi connectivity index (χ1n) is 3.56. The van der Waals surface area contributed by atoms with Crippen LogP contribution >= 0.6 is 0 Å². The Hall–Kier alpha value is -1.81. The minimum absolute atomic E-state index is 0.729. The van der Waals surface area contributed by atoms with Gasteiger partial charge in [0.15, 0.2) is 0 Å². The molecule has 0 aliphatic carbocycles. The monoisotopic (exact) mass is 156 g/mol. The molecule has 0 radical (unpaired) electrons. The van der Waals surface area contributed by atoms with Crippen LogP contribution in [0, 0.1) is 12.3 Å². The molecular weight excluding hydrogens is 148 g/mol. The number of hydrogen-bond acceptors (Lipinski definition) is 1. The summed E-state index contributed by atoms with van der Waals surface area (Å²) in [5.74, 6) is 2.54. The maximum atomic E-state index is 10.0. The first-order valence-corrected chi connectivity index (χ1v) is 3.56. The number of allylic oxidation sites excluding steroid dienone is 1. The van der Waals surface area contributed by atoms with Gasteiger partial charge < -0.3 is 0 Å². The molecule has 1 nitrogen and oxygen atoms in total. The maximum absolute atomic E-state index is 10.0. The Kier molecular flexibility index (Phi) is 2.87. The van der Waals surface area contributed by atoms with Crippen molar-refractivity contribution in [3.8, 4) is 12.3 Å². The first kappa shape index (κ1) is 8.29. The first-order chi connectivity index (χ1) is 5.88. The molecule has 0 aliphatic rings. The van der Waals surface area contributed by atoms with Crippen molar-refractivity contribution in [1.29, 1.82) is 0 Å². The Bertz CT molecular complexity index is 342. The summed E-state index contributed by atoms with van der Waals surface area (Å²) in [4.78, 5) is 10.0. The van der Waals surface area contributed by atoms with Crippen LogP contribution in [0.4, 0.5) is 0 Å². The molecule has 1 heteroatoms. The van der Waals surface area contributed by atoms with Gasteiger partial charge in [-0.05, 0) is 17.7 Å². The fourth-order valence-corrected chi connectivity index (χ4v) is 0.917. The predicted molar refractivity (Wildman–Crippen MR) is 49.5 cm³/mol. The number of hydrogen-bond donors (Lipinski definition) is 0. The molecule has 0 heterocycles. The van der Waals surface area contributed by atoms with Crippen molar-refractivity contribution in [3.05, 3.63) is 41.5 Å². The molecule has 0 unspecified atom stereocenters. The van der Waals surface area contributed by atoms with E-state index in [-0.39, 0.29) is 0 Å². The van der Waals surface area contributed by atoms with E-state index in [1.165, 1.54) is 6.08 Å². The van der Waals surface area contributed by atoms with Gasteiger partial charge >= 0.3 is 0 Å². The largest absolute Gasteiger partial charge is 0.299 e. The van der Waals surface area contributed by atoms with Crippen molar-refractivity contribution in [2.24, 2.45) is 0 Å². The normalized spacial score (nSPS) is 9.58. The van der Waals surface area contributed by atoms with Crippen LogP contribution in [0.2, 0.25) is 0 Å². The topological polar surface area (TPSA) is 17.1 Å². The van der Waals surface area contributed by atoms with Gasteiger partial charge in [0, 0.05) is 5.56 Å². The molecule has 12 heavy (non-hydrogen) atoms. The standard InChI is InChI=1S/C11H8O/c1-2-10-6-3-4-7-11(10)8-5-9-12/h1,3-9H/b8-5+. The molecule has 0 atom stereocenters. The average molecular weight is 156 g/mol. The fourth-order valence-electron chi connectivity index (χ4n) is 0.917. The molecule has 0 N–H and O–H groups in total. The second-order valence-electron chi connectivity index (χ2n) is 2.23. The molecule has 0 fully saturated rings. The molecule has 0 spiro atoms. The highest BCUT2D eigenvalue weighted by molar-refractivity contribution is 5.75. The molecule has 0 aromatic heterocycles. The van der Waals surface area contributed by atoms with Crippen molar-refractivity contribution in [3.63, 3.8) is 0 Å². The lowest BCUT2D eigenvalue weighted by Crippen LogP contribution is -1.79. The third-order valence-corrected chi connectivity index (χ3v) is 1.47. The van der Waals surface area contributed by atoms with Gasteiger partial charge in [0.05, 0.1) is 0 Å². The third-order valence-electron chi connectivity index (χ3n) is 1.47. The van der Waals surface area contributed by atoms with Crippen LogP contribution in [0.25, 0.3) is 6.08 Å². The van der Waals surface area contributed by atoms with E-state index in [2.05, 4.69) is 5.92 Å². The summed E-state index contributed by atoms with van der Waals surface area (Å²) in [6.07, 6.45) is 9.10. The van der Waals surface area contributed by atoms with Crippen molar-refractivity contribution in [2.75, 3.05) is 0 Å². The summed E-state index contributed by atoms with van der Waals surface area (Å²) in [6.45, 7) is 0. The molecule has 1 aromatic rings. The second kappa shape index (κ2) is 4.15. The lowest BCUT2D eigenvalue weighted by atomic mass is 10.1. The number of aldehydes is 1. The van der Waals surface area contributed by atoms with Gasteiger partial charge in [0.25, 0.3) is 0 Å². The Morgan fingerprint density at radius 3 is 2.75 bits per heavy atom. The van der Waals surface area contributed by atoms with Crippen molar-refractivity contribution < 1.29 is 4.79 Å². The van der Waals surface area contributed by atoms with E-state index in [1.54, 1.807) is 6.08 Å². The van der Waals surface area contributed by atoms with Gasteiger partial charge in [-0.1, -0.05) is 30.2 Å². The summed E-state index contributed by atoms with van der Waals surface area (Å²) >= 11 is 0. The maximum Gasteiger partial charge on any atom is 0.142 e. The van der Waals surface area contributed by atoms with Crippen LogP contribution in [0.5, 0.6) is 0 Å². The van der Waals surface area contributed by atoms with E-state index in [0.29, 0.717) is 0 Å². The molecule has 0 amide bonds. The SMILES string of the molecule is C#Cc1ccccc1/C=C/C=O. The van der Waals surface area contributed by atoms with Gasteiger partial charge in [0.2, 0.25) is 0 Å². The van der Waals surface area contributed by atoms with Gasteiger partial charge in [-0.2, -0.15) is 0 Å². The molecule has 0 aliphatic heterocycles. The zero-order valence-corrected chi connectivity index (χ0v) is 6.53. The molecule has 0 saturated carbocycles. The third kappa shape index (κ3) is 1.83. The van der Waals surface area contributed by atoms with Gasteiger partial charge in [-0.15, -0.1) is 6.42 Å². The quantitative estimate of drug-likeness (QED) is 0.363. The zero-order valence-electron chi connectivity index (χ0n) is 6.53. The molecule has 0 bridgehead atoms. The van der Waals surface area contributed by atoms with Crippen molar-refractivity contribution in [1.82, 2.24) is 0 Å². The van der Waals surface area contributed by atoms with E-state index < -0.39 is 0 Å². The van der Waals surface area contributed by atoms with E-state index in [4.69, 9.17) is 6.42 Å². The molecule has 1 aromatic carbocycles. The molecule has 1 rings (SSSR count). The van der Waals surface area contributed by atoms with E-state index >= 15 is 0 Å². The van der Waals surface area contributed by atoms with Gasteiger partial charge in [-0.25, -0.2) is 0 Å². The molecule has 58 valence electrons. The minimum Gasteiger partial charge on any atom is -0.299 e. The Morgan fingerprint density at radius 2 is 2.08 bits per heavy atom. The van der Waals surface area contributed by atoms with Crippen LogP contribution in [0.3, 0.4) is 0 Å². The van der Waals surface area contributed by atoms with E-state index in [0.717, 1.165) is 17.4 Å². The highest BCUT2D eigenvalue weighted by atomic mass is 16.1. The number of carbonyl (C=O) groups excluding carboxylic acids is 1. The van der Waals surface area contributed by atoms with Gasteiger partial charge in [0.1, 0.15) is 6.29 Å². The smallest absolute Gasteiger partial charge is 0.142 e.